The van der Waals surface area contributed by atoms with Crippen molar-refractivity contribution in [2.24, 2.45) is 17.3 Å². The minimum atomic E-state index is -4.71. The van der Waals surface area contributed by atoms with Crippen LogP contribution in [0.5, 0.6) is 0 Å². The first-order chi connectivity index (χ1) is 21.0. The lowest BCUT2D eigenvalue weighted by molar-refractivity contribution is -0.265. The fourth-order valence-electron chi connectivity index (χ4n) is 5.51. The molecule has 2 aromatic carbocycles. The maximum atomic E-state index is 14.8. The molecular formula is C33H42F3N3O5Si. The van der Waals surface area contributed by atoms with E-state index in [-0.39, 0.29) is 12.3 Å². The molecule has 0 aliphatic carbocycles. The number of ether oxygens (including phenoxy) is 1. The van der Waals surface area contributed by atoms with E-state index < -0.39 is 62.3 Å². The Kier molecular flexibility index (Phi) is 11.4. The molecule has 0 fully saturated rings. The van der Waals surface area contributed by atoms with Crippen molar-refractivity contribution in [3.8, 4) is 11.3 Å². The zero-order chi connectivity index (χ0) is 33.6. The molecule has 3 aromatic rings. The second kappa shape index (κ2) is 14.5. The van der Waals surface area contributed by atoms with Crippen molar-refractivity contribution in [2.75, 3.05) is 5.32 Å². The second-order valence-corrected chi connectivity index (χ2v) is 14.9. The van der Waals surface area contributed by atoms with Crippen LogP contribution in [0.1, 0.15) is 40.2 Å². The zero-order valence-corrected chi connectivity index (χ0v) is 27.9. The van der Waals surface area contributed by atoms with Crippen LogP contribution in [-0.2, 0) is 27.1 Å². The van der Waals surface area contributed by atoms with Gasteiger partial charge in [-0.15, -0.1) is 0 Å². The molecule has 0 radical (unpaired) electrons. The number of alkyl halides is 3. The van der Waals surface area contributed by atoms with E-state index in [1.54, 1.807) is 87.6 Å². The number of benzene rings is 2. The number of amides is 2. The zero-order valence-electron chi connectivity index (χ0n) is 26.7. The van der Waals surface area contributed by atoms with Crippen molar-refractivity contribution in [1.82, 2.24) is 9.88 Å². The Morgan fingerprint density at radius 3 is 2.00 bits per heavy atom. The molecule has 0 aliphatic heterocycles. The fourth-order valence-corrected chi connectivity index (χ4v) is 6.76. The average molecular weight is 646 g/mol. The summed E-state index contributed by atoms with van der Waals surface area (Å²) in [5.41, 5.74) is -2.67. The Morgan fingerprint density at radius 1 is 0.911 bits per heavy atom. The molecule has 45 heavy (non-hydrogen) atoms. The van der Waals surface area contributed by atoms with Gasteiger partial charge in [0.1, 0.15) is 30.5 Å². The quantitative estimate of drug-likeness (QED) is 0.174. The van der Waals surface area contributed by atoms with E-state index in [1.807, 2.05) is 6.07 Å². The molecule has 2 unspecified atom stereocenters. The summed E-state index contributed by atoms with van der Waals surface area (Å²) in [6.07, 6.45) is -5.60. The van der Waals surface area contributed by atoms with Crippen LogP contribution in [0.15, 0.2) is 77.6 Å². The van der Waals surface area contributed by atoms with Crippen LogP contribution >= 0.6 is 0 Å². The van der Waals surface area contributed by atoms with Crippen molar-refractivity contribution >= 4 is 26.7 Å². The van der Waals surface area contributed by atoms with Gasteiger partial charge in [-0.25, -0.2) is 4.79 Å². The van der Waals surface area contributed by atoms with Gasteiger partial charge in [-0.3, -0.25) is 19.5 Å². The van der Waals surface area contributed by atoms with E-state index >= 15 is 0 Å². The highest BCUT2D eigenvalue weighted by atomic mass is 28.3. The van der Waals surface area contributed by atoms with E-state index in [2.05, 4.69) is 10.6 Å². The highest BCUT2D eigenvalue weighted by molar-refractivity contribution is 6.48. The Labute approximate surface area is 263 Å². The van der Waals surface area contributed by atoms with Gasteiger partial charge in [0, 0.05) is 5.92 Å². The van der Waals surface area contributed by atoms with E-state index in [9.17, 15) is 27.6 Å². The Hall–Kier alpha value is -3.90. The van der Waals surface area contributed by atoms with Gasteiger partial charge in [0.15, 0.2) is 9.04 Å². The van der Waals surface area contributed by atoms with E-state index in [0.717, 1.165) is 10.1 Å². The van der Waals surface area contributed by atoms with Gasteiger partial charge in [0.25, 0.3) is 5.56 Å². The number of nitrogens with zero attached hydrogens (tertiary/aromatic N) is 1. The smallest absolute Gasteiger partial charge is 0.412 e. The van der Waals surface area contributed by atoms with Crippen LogP contribution < -0.4 is 16.2 Å². The van der Waals surface area contributed by atoms with Crippen LogP contribution in [0, 0.1) is 17.3 Å². The monoisotopic (exact) mass is 645 g/mol. The molecule has 0 saturated heterocycles. The van der Waals surface area contributed by atoms with Crippen LogP contribution in [0.4, 0.5) is 23.7 Å². The van der Waals surface area contributed by atoms with Gasteiger partial charge in [-0.2, -0.15) is 13.2 Å². The summed E-state index contributed by atoms with van der Waals surface area (Å²) >= 11 is 0. The molecule has 8 nitrogen and oxygen atoms in total. The molecule has 2 atom stereocenters. The number of carbonyl (C=O) groups is 2. The molecule has 0 bridgehead atoms. The summed E-state index contributed by atoms with van der Waals surface area (Å²) in [5.74, 6) is -3.69. The molecule has 2 amide bonds. The summed E-state index contributed by atoms with van der Waals surface area (Å²) in [4.78, 5) is 40.1. The molecule has 12 heteroatoms. The fraction of sp³-hybridized carbons (Fsp3) is 0.424. The maximum Gasteiger partial charge on any atom is 0.412 e. The molecule has 3 rings (SSSR count). The molecule has 2 N–H and O–H groups in total. The first-order valence-corrected chi connectivity index (χ1v) is 17.6. The third kappa shape index (κ3) is 9.07. The van der Waals surface area contributed by atoms with Gasteiger partial charge in [0.05, 0.1) is 5.69 Å². The Morgan fingerprint density at radius 2 is 1.49 bits per heavy atom. The lowest BCUT2D eigenvalue weighted by Gasteiger charge is -2.51. The second-order valence-electron chi connectivity index (χ2n) is 12.6. The number of rotatable bonds is 11. The lowest BCUT2D eigenvalue weighted by Crippen LogP contribution is -2.67. The number of pyridine rings is 1. The third-order valence-corrected chi connectivity index (χ3v) is 8.10. The number of halogens is 3. The molecule has 1 aromatic heterocycles. The van der Waals surface area contributed by atoms with Crippen molar-refractivity contribution in [2.45, 2.75) is 72.8 Å². The van der Waals surface area contributed by atoms with Gasteiger partial charge in [-0.05, 0) is 41.8 Å². The number of carbonyl (C=O) groups excluding carboxylic acids is 2. The van der Waals surface area contributed by atoms with Crippen molar-refractivity contribution in [3.63, 3.8) is 0 Å². The van der Waals surface area contributed by atoms with E-state index in [0.29, 0.717) is 11.3 Å². The van der Waals surface area contributed by atoms with E-state index in [1.165, 1.54) is 26.8 Å². The van der Waals surface area contributed by atoms with Crippen LogP contribution in [0.25, 0.3) is 11.3 Å². The van der Waals surface area contributed by atoms with Crippen molar-refractivity contribution in [1.29, 1.82) is 0 Å². The first-order valence-electron chi connectivity index (χ1n) is 14.8. The maximum absolute atomic E-state index is 14.8. The standard InChI is InChI=1S/C33H42F3N3O5Si/c1-22(2)32(44-45(6)7,29(31(3,4)5)33(34,35)36)38-27(40)20-39-26(24-16-12-9-13-17-24)19-18-25(28(39)41)37-30(42)43-21-23-14-10-8-11-15-23/h8-19,22,29,45H,20-21H2,1-7H3,(H,37,42)(H,38,40). The normalized spacial score (nSPS) is 14.1. The van der Waals surface area contributed by atoms with Crippen LogP contribution in [0.3, 0.4) is 0 Å². The minimum Gasteiger partial charge on any atom is -0.444 e. The van der Waals surface area contributed by atoms with Crippen LogP contribution in [0.2, 0.25) is 13.1 Å². The highest BCUT2D eigenvalue weighted by Gasteiger charge is 2.61. The Bertz CT molecular complexity index is 1490. The number of hydrogen-bond donors (Lipinski definition) is 2. The molecule has 244 valence electrons. The summed E-state index contributed by atoms with van der Waals surface area (Å²) in [6, 6.07) is 20.7. The van der Waals surface area contributed by atoms with Crippen LogP contribution in [-0.4, -0.2) is 37.5 Å². The molecule has 0 aliphatic rings. The number of nitrogens with one attached hydrogen (secondary N) is 2. The lowest BCUT2D eigenvalue weighted by atomic mass is 9.70. The predicted octanol–water partition coefficient (Wildman–Crippen LogP) is 6.96. The van der Waals surface area contributed by atoms with E-state index in [4.69, 9.17) is 9.16 Å². The number of anilines is 1. The topological polar surface area (TPSA) is 98.7 Å². The predicted molar refractivity (Wildman–Crippen MR) is 171 cm³/mol. The minimum absolute atomic E-state index is 0.0318. The summed E-state index contributed by atoms with van der Waals surface area (Å²) < 4.78 is 56.8. The Balaban J connectivity index is 2.03. The SMILES string of the molecule is CC(C)C(NC(=O)Cn1c(-c2ccccc2)ccc(NC(=O)OCc2ccccc2)c1=O)(O[SiH](C)C)C(C(C)(C)C)C(F)(F)F. The molecule has 1 heterocycles. The molecule has 0 saturated carbocycles. The van der Waals surface area contributed by atoms with Gasteiger partial charge in [-0.1, -0.05) is 95.3 Å². The number of hydrogen-bond acceptors (Lipinski definition) is 5. The van der Waals surface area contributed by atoms with Crippen molar-refractivity contribution in [3.05, 3.63) is 88.7 Å². The largest absolute Gasteiger partial charge is 0.444 e. The summed E-state index contributed by atoms with van der Waals surface area (Å²) in [7, 11) is -2.16. The summed E-state index contributed by atoms with van der Waals surface area (Å²) in [5, 5.41) is 5.04. The molecular weight excluding hydrogens is 603 g/mol. The first kappa shape index (κ1) is 35.6. The average Bonchev–Trinajstić information content (AvgIpc) is 2.93. The highest BCUT2D eigenvalue weighted by Crippen LogP contribution is 2.49. The number of aromatic nitrogens is 1. The van der Waals surface area contributed by atoms with Crippen molar-refractivity contribution < 1.29 is 31.9 Å². The van der Waals surface area contributed by atoms with Gasteiger partial charge in [0.2, 0.25) is 5.91 Å². The third-order valence-electron chi connectivity index (χ3n) is 7.24. The van der Waals surface area contributed by atoms with Gasteiger partial charge >= 0.3 is 12.3 Å². The molecule has 0 spiro atoms. The van der Waals surface area contributed by atoms with Gasteiger partial charge < -0.3 is 14.5 Å². The summed E-state index contributed by atoms with van der Waals surface area (Å²) in [6.45, 7) is 10.4.